The number of amides is 1. The lowest BCUT2D eigenvalue weighted by Crippen LogP contribution is -2.41. The Labute approximate surface area is 177 Å². The van der Waals surface area contributed by atoms with Crippen LogP contribution in [0.3, 0.4) is 0 Å². The molecule has 1 saturated heterocycles. The molecule has 1 aliphatic rings. The van der Waals surface area contributed by atoms with E-state index in [0.29, 0.717) is 42.3 Å². The second-order valence-electron chi connectivity index (χ2n) is 7.18. The first-order valence-corrected chi connectivity index (χ1v) is 10.4. The predicted octanol–water partition coefficient (Wildman–Crippen LogP) is 4.21. The number of thiazole rings is 1. The Morgan fingerprint density at radius 3 is 2.70 bits per heavy atom. The van der Waals surface area contributed by atoms with Gasteiger partial charge in [-0.25, -0.2) is 4.98 Å². The Morgan fingerprint density at radius 1 is 1.23 bits per heavy atom. The fourth-order valence-corrected chi connectivity index (χ4v) is 4.41. The molecule has 0 spiro atoms. The zero-order valence-electron chi connectivity index (χ0n) is 16.7. The van der Waals surface area contributed by atoms with E-state index < -0.39 is 4.92 Å². The molecule has 156 valence electrons. The van der Waals surface area contributed by atoms with Crippen molar-refractivity contribution in [2.45, 2.75) is 25.9 Å². The highest BCUT2D eigenvalue weighted by Gasteiger charge is 2.26. The van der Waals surface area contributed by atoms with E-state index in [1.807, 2.05) is 18.2 Å². The topological polar surface area (TPSA) is 94.8 Å². The van der Waals surface area contributed by atoms with Crippen molar-refractivity contribution in [3.05, 3.63) is 57.6 Å². The first kappa shape index (κ1) is 20.1. The molecule has 0 saturated carbocycles. The van der Waals surface area contributed by atoms with E-state index in [-0.39, 0.29) is 17.7 Å². The smallest absolute Gasteiger partial charge is 0.274 e. The first-order valence-electron chi connectivity index (χ1n) is 9.60. The van der Waals surface area contributed by atoms with Gasteiger partial charge < -0.3 is 14.4 Å². The van der Waals surface area contributed by atoms with E-state index in [2.05, 4.69) is 4.98 Å². The summed E-state index contributed by atoms with van der Waals surface area (Å²) < 4.78 is 12.3. The number of carbonyl (C=O) groups excluding carboxylic acids is 1. The maximum absolute atomic E-state index is 12.8. The van der Waals surface area contributed by atoms with Gasteiger partial charge in [0.15, 0.2) is 0 Å². The second-order valence-corrected chi connectivity index (χ2v) is 8.17. The SMILES string of the molecule is COc1ccc2nc(OC3CCN(C(=O)c4ccc(C)c([N+](=O)[O-])c4)CC3)sc2c1. The van der Waals surface area contributed by atoms with Crippen molar-refractivity contribution in [3.8, 4) is 10.9 Å². The molecule has 1 aliphatic heterocycles. The van der Waals surface area contributed by atoms with Crippen molar-refractivity contribution < 1.29 is 19.2 Å². The highest BCUT2D eigenvalue weighted by atomic mass is 32.1. The number of hydrogen-bond donors (Lipinski definition) is 0. The van der Waals surface area contributed by atoms with Gasteiger partial charge in [-0.15, -0.1) is 0 Å². The van der Waals surface area contributed by atoms with Crippen molar-refractivity contribution >= 4 is 33.1 Å². The molecule has 1 fully saturated rings. The molecule has 9 heteroatoms. The summed E-state index contributed by atoms with van der Waals surface area (Å²) in [6.07, 6.45) is 1.33. The molecule has 1 aromatic heterocycles. The third-order valence-electron chi connectivity index (χ3n) is 5.23. The monoisotopic (exact) mass is 427 g/mol. The van der Waals surface area contributed by atoms with Crippen molar-refractivity contribution in [1.82, 2.24) is 9.88 Å². The number of rotatable bonds is 5. The summed E-state index contributed by atoms with van der Waals surface area (Å²) in [6.45, 7) is 2.72. The minimum Gasteiger partial charge on any atom is -0.497 e. The van der Waals surface area contributed by atoms with Crippen molar-refractivity contribution in [1.29, 1.82) is 0 Å². The normalized spacial score (nSPS) is 14.7. The van der Waals surface area contributed by atoms with Crippen LogP contribution in [0, 0.1) is 17.0 Å². The van der Waals surface area contributed by atoms with Crippen LogP contribution in [0.1, 0.15) is 28.8 Å². The predicted molar refractivity (Wildman–Crippen MR) is 114 cm³/mol. The third kappa shape index (κ3) is 4.06. The minimum absolute atomic E-state index is 0.0242. The average molecular weight is 427 g/mol. The number of likely N-dealkylation sites (tertiary alicyclic amines) is 1. The summed E-state index contributed by atoms with van der Waals surface area (Å²) in [6, 6.07) is 10.3. The summed E-state index contributed by atoms with van der Waals surface area (Å²) in [7, 11) is 1.63. The number of ether oxygens (including phenoxy) is 2. The standard InChI is InChI=1S/C21H21N3O5S/c1-13-3-4-14(11-18(13)24(26)27)20(25)23-9-7-15(8-10-23)29-21-22-17-6-5-16(28-2)12-19(17)30-21/h3-6,11-12,15H,7-10H2,1-2H3. The fourth-order valence-electron chi connectivity index (χ4n) is 3.50. The van der Waals surface area contributed by atoms with Crippen molar-refractivity contribution in [2.75, 3.05) is 20.2 Å². The molecule has 2 heterocycles. The molecule has 0 bridgehead atoms. The van der Waals surface area contributed by atoms with Gasteiger partial charge in [0.1, 0.15) is 11.9 Å². The van der Waals surface area contributed by atoms with Gasteiger partial charge >= 0.3 is 0 Å². The Balaban J connectivity index is 1.38. The van der Waals surface area contributed by atoms with E-state index in [1.165, 1.54) is 17.4 Å². The number of hydrogen-bond acceptors (Lipinski definition) is 7. The van der Waals surface area contributed by atoms with Crippen LogP contribution in [-0.4, -0.2) is 47.0 Å². The largest absolute Gasteiger partial charge is 0.497 e. The fraction of sp³-hybridized carbons (Fsp3) is 0.333. The number of methoxy groups -OCH3 is 1. The van der Waals surface area contributed by atoms with Crippen LogP contribution in [0.2, 0.25) is 0 Å². The Morgan fingerprint density at radius 2 is 2.00 bits per heavy atom. The Bertz CT molecular complexity index is 1110. The number of piperidine rings is 1. The average Bonchev–Trinajstić information content (AvgIpc) is 3.15. The molecule has 0 aliphatic carbocycles. The van der Waals surface area contributed by atoms with Gasteiger partial charge in [-0.3, -0.25) is 14.9 Å². The van der Waals surface area contributed by atoms with Gasteiger partial charge in [-0.1, -0.05) is 17.4 Å². The van der Waals surface area contributed by atoms with Crippen LogP contribution < -0.4 is 9.47 Å². The maximum Gasteiger partial charge on any atom is 0.274 e. The van der Waals surface area contributed by atoms with E-state index in [1.54, 1.807) is 31.1 Å². The minimum atomic E-state index is -0.459. The molecular weight excluding hydrogens is 406 g/mol. The van der Waals surface area contributed by atoms with Crippen LogP contribution in [0.5, 0.6) is 10.9 Å². The lowest BCUT2D eigenvalue weighted by Gasteiger charge is -2.31. The van der Waals surface area contributed by atoms with Gasteiger partial charge in [-0.05, 0) is 31.2 Å². The molecule has 0 unspecified atom stereocenters. The van der Waals surface area contributed by atoms with Crippen LogP contribution in [0.4, 0.5) is 5.69 Å². The Hall–Kier alpha value is -3.20. The number of carbonyl (C=O) groups is 1. The number of aromatic nitrogens is 1. The quantitative estimate of drug-likeness (QED) is 0.447. The van der Waals surface area contributed by atoms with Gasteiger partial charge in [0.25, 0.3) is 16.8 Å². The number of nitrogens with zero attached hydrogens (tertiary/aromatic N) is 3. The molecule has 2 aromatic carbocycles. The molecule has 3 aromatic rings. The maximum atomic E-state index is 12.8. The summed E-state index contributed by atoms with van der Waals surface area (Å²) in [5, 5.41) is 11.8. The van der Waals surface area contributed by atoms with E-state index in [4.69, 9.17) is 9.47 Å². The number of benzene rings is 2. The highest BCUT2D eigenvalue weighted by molar-refractivity contribution is 7.20. The zero-order valence-corrected chi connectivity index (χ0v) is 17.5. The summed E-state index contributed by atoms with van der Waals surface area (Å²) in [5.41, 5.74) is 1.71. The molecule has 1 amide bonds. The summed E-state index contributed by atoms with van der Waals surface area (Å²) in [5.74, 6) is 0.587. The molecule has 0 atom stereocenters. The first-order chi connectivity index (χ1) is 14.4. The molecular formula is C21H21N3O5S. The van der Waals surface area contributed by atoms with Crippen LogP contribution >= 0.6 is 11.3 Å². The highest BCUT2D eigenvalue weighted by Crippen LogP contribution is 2.32. The molecule has 8 nitrogen and oxygen atoms in total. The van der Waals surface area contributed by atoms with Gasteiger partial charge in [0.05, 0.1) is 22.2 Å². The molecule has 30 heavy (non-hydrogen) atoms. The number of fused-ring (bicyclic) bond motifs is 1. The van der Waals surface area contributed by atoms with Crippen LogP contribution in [0.25, 0.3) is 10.2 Å². The molecule has 0 radical (unpaired) electrons. The lowest BCUT2D eigenvalue weighted by molar-refractivity contribution is -0.385. The molecule has 0 N–H and O–H groups in total. The third-order valence-corrected chi connectivity index (χ3v) is 6.13. The Kier molecular flexibility index (Phi) is 5.54. The summed E-state index contributed by atoms with van der Waals surface area (Å²) in [4.78, 5) is 29.7. The van der Waals surface area contributed by atoms with Gasteiger partial charge in [0, 0.05) is 43.1 Å². The molecule has 4 rings (SSSR count). The zero-order chi connectivity index (χ0) is 21.3. The van der Waals surface area contributed by atoms with E-state index in [0.717, 1.165) is 16.0 Å². The number of aryl methyl sites for hydroxylation is 1. The van der Waals surface area contributed by atoms with Gasteiger partial charge in [-0.2, -0.15) is 0 Å². The lowest BCUT2D eigenvalue weighted by atomic mass is 10.0. The summed E-state index contributed by atoms with van der Waals surface area (Å²) >= 11 is 1.47. The second kappa shape index (κ2) is 8.27. The van der Waals surface area contributed by atoms with Crippen LogP contribution in [0.15, 0.2) is 36.4 Å². The van der Waals surface area contributed by atoms with Gasteiger partial charge in [0.2, 0.25) is 0 Å². The number of nitro groups is 1. The van der Waals surface area contributed by atoms with Crippen molar-refractivity contribution in [2.24, 2.45) is 0 Å². The number of nitro benzene ring substituents is 1. The van der Waals surface area contributed by atoms with Crippen molar-refractivity contribution in [3.63, 3.8) is 0 Å². The van der Waals surface area contributed by atoms with E-state index in [9.17, 15) is 14.9 Å². The van der Waals surface area contributed by atoms with E-state index >= 15 is 0 Å². The van der Waals surface area contributed by atoms with Crippen LogP contribution in [-0.2, 0) is 0 Å².